The molecule has 2 aliphatic rings. The number of fused-ring (bicyclic) bond motifs is 3. The van der Waals surface area contributed by atoms with Crippen molar-refractivity contribution in [2.24, 2.45) is 0 Å². The number of aliphatic hydroxyl groups excluding tert-OH is 1. The summed E-state index contributed by atoms with van der Waals surface area (Å²) in [5.74, 6) is -0.968. The molecular formula is C29H30F3N3O3. The van der Waals surface area contributed by atoms with Crippen molar-refractivity contribution in [1.82, 2.24) is 4.98 Å². The summed E-state index contributed by atoms with van der Waals surface area (Å²) in [6.07, 6.45) is 1.27. The smallest absolute Gasteiger partial charge is 0.255 e. The Kier molecular flexibility index (Phi) is 6.69. The molecule has 0 spiro atoms. The number of hydrogen-bond acceptors (Lipinski definition) is 5. The molecular weight excluding hydrogens is 495 g/mol. The molecule has 200 valence electrons. The van der Waals surface area contributed by atoms with Gasteiger partial charge in [0.05, 0.1) is 31.6 Å². The number of aryl methyl sites for hydroxylation is 1. The highest BCUT2D eigenvalue weighted by molar-refractivity contribution is 6.04. The Balaban J connectivity index is 1.49. The Morgan fingerprint density at radius 2 is 2.03 bits per heavy atom. The first kappa shape index (κ1) is 26.2. The quantitative estimate of drug-likeness (QED) is 0.484. The fourth-order valence-electron chi connectivity index (χ4n) is 5.22. The number of pyridine rings is 1. The molecule has 1 fully saturated rings. The second kappa shape index (κ2) is 9.71. The van der Waals surface area contributed by atoms with Crippen LogP contribution in [0.1, 0.15) is 41.0 Å². The number of rotatable bonds is 5. The lowest BCUT2D eigenvalue weighted by molar-refractivity contribution is -0.0173. The maximum atomic E-state index is 15.6. The summed E-state index contributed by atoms with van der Waals surface area (Å²) in [7, 11) is 0. The van der Waals surface area contributed by atoms with E-state index in [-0.39, 0.29) is 24.3 Å². The molecule has 2 aromatic carbocycles. The fourth-order valence-corrected chi connectivity index (χ4v) is 5.22. The number of morpholine rings is 1. The molecule has 1 amide bonds. The number of amides is 1. The van der Waals surface area contributed by atoms with E-state index in [0.29, 0.717) is 41.2 Å². The highest BCUT2D eigenvalue weighted by Crippen LogP contribution is 2.43. The second-order valence-corrected chi connectivity index (χ2v) is 10.5. The first-order valence-electron chi connectivity index (χ1n) is 12.5. The van der Waals surface area contributed by atoms with E-state index in [1.54, 1.807) is 24.3 Å². The van der Waals surface area contributed by atoms with Crippen LogP contribution in [0.3, 0.4) is 0 Å². The van der Waals surface area contributed by atoms with E-state index in [2.05, 4.69) is 10.3 Å². The number of alkyl halides is 2. The van der Waals surface area contributed by atoms with Gasteiger partial charge in [0.25, 0.3) is 5.91 Å². The molecule has 38 heavy (non-hydrogen) atoms. The largest absolute Gasteiger partial charge is 0.393 e. The Hall–Kier alpha value is -3.43. The zero-order chi connectivity index (χ0) is 27.2. The summed E-state index contributed by atoms with van der Waals surface area (Å²) in [5.41, 5.74) is 0.105. The van der Waals surface area contributed by atoms with Crippen LogP contribution < -0.4 is 10.2 Å². The number of hydrogen-bond donors (Lipinski definition) is 2. The fraction of sp³-hybridized carbons (Fsp3) is 0.379. The van der Waals surface area contributed by atoms with Crippen molar-refractivity contribution in [2.45, 2.75) is 44.6 Å². The van der Waals surface area contributed by atoms with E-state index in [0.717, 1.165) is 5.56 Å². The van der Waals surface area contributed by atoms with Crippen molar-refractivity contribution in [3.8, 4) is 11.1 Å². The monoisotopic (exact) mass is 525 g/mol. The van der Waals surface area contributed by atoms with Gasteiger partial charge in [0.2, 0.25) is 0 Å². The summed E-state index contributed by atoms with van der Waals surface area (Å²) in [5, 5.41) is 12.6. The van der Waals surface area contributed by atoms with E-state index in [1.807, 2.05) is 11.8 Å². The molecule has 2 atom stereocenters. The first-order chi connectivity index (χ1) is 18.0. The summed E-state index contributed by atoms with van der Waals surface area (Å²) in [6.45, 7) is 4.87. The number of nitrogens with one attached hydrogen (secondary N) is 1. The zero-order valence-electron chi connectivity index (χ0n) is 21.5. The van der Waals surface area contributed by atoms with E-state index in [1.165, 1.54) is 38.2 Å². The van der Waals surface area contributed by atoms with Gasteiger partial charge < -0.3 is 20.1 Å². The van der Waals surface area contributed by atoms with Crippen molar-refractivity contribution in [3.05, 3.63) is 76.9 Å². The van der Waals surface area contributed by atoms with Crippen LogP contribution >= 0.6 is 0 Å². The molecule has 0 radical (unpaired) electrons. The van der Waals surface area contributed by atoms with Gasteiger partial charge in [-0.2, -0.15) is 0 Å². The van der Waals surface area contributed by atoms with E-state index < -0.39 is 35.7 Å². The minimum Gasteiger partial charge on any atom is -0.393 e. The maximum absolute atomic E-state index is 15.6. The molecule has 2 aliphatic heterocycles. The molecule has 0 unspecified atom stereocenters. The Morgan fingerprint density at radius 1 is 1.24 bits per heavy atom. The van der Waals surface area contributed by atoms with Crippen molar-refractivity contribution in [3.63, 3.8) is 0 Å². The topological polar surface area (TPSA) is 74.7 Å². The normalized spacial score (nSPS) is 21.0. The third kappa shape index (κ3) is 4.76. The van der Waals surface area contributed by atoms with Crippen molar-refractivity contribution in [1.29, 1.82) is 0 Å². The molecule has 5 rings (SSSR count). The number of halogens is 3. The molecule has 1 saturated heterocycles. The van der Waals surface area contributed by atoms with Crippen LogP contribution in [0.25, 0.3) is 11.1 Å². The third-order valence-corrected chi connectivity index (χ3v) is 7.37. The van der Waals surface area contributed by atoms with Crippen molar-refractivity contribution >= 4 is 17.3 Å². The van der Waals surface area contributed by atoms with Crippen LogP contribution in [-0.2, 0) is 16.8 Å². The van der Waals surface area contributed by atoms with Gasteiger partial charge in [-0.15, -0.1) is 0 Å². The predicted molar refractivity (Wildman–Crippen MR) is 139 cm³/mol. The lowest BCUT2D eigenvalue weighted by atomic mass is 9.82. The molecule has 1 aromatic heterocycles. The number of carbonyl (C=O) groups excluding carboxylic acids is 1. The molecule has 2 N–H and O–H groups in total. The molecule has 3 heterocycles. The number of nitrogens with zero attached hydrogens (tertiary/aromatic N) is 2. The number of aliphatic hydroxyl groups is 1. The number of benzene rings is 2. The van der Waals surface area contributed by atoms with Gasteiger partial charge >= 0.3 is 0 Å². The Morgan fingerprint density at radius 3 is 2.76 bits per heavy atom. The van der Waals surface area contributed by atoms with Crippen LogP contribution in [0.15, 0.2) is 48.7 Å². The van der Waals surface area contributed by atoms with E-state index in [9.17, 15) is 14.3 Å². The van der Waals surface area contributed by atoms with Crippen molar-refractivity contribution in [2.75, 3.05) is 36.6 Å². The van der Waals surface area contributed by atoms with Gasteiger partial charge in [-0.25, -0.2) is 13.2 Å². The van der Waals surface area contributed by atoms with E-state index in [4.69, 9.17) is 4.74 Å². The second-order valence-electron chi connectivity index (χ2n) is 10.5. The Bertz CT molecular complexity index is 1390. The number of aromatic nitrogens is 1. The summed E-state index contributed by atoms with van der Waals surface area (Å²) in [4.78, 5) is 18.8. The average Bonchev–Trinajstić information content (AvgIpc) is 2.89. The molecule has 3 aromatic rings. The van der Waals surface area contributed by atoms with Gasteiger partial charge in [-0.1, -0.05) is 6.07 Å². The summed E-state index contributed by atoms with van der Waals surface area (Å²) < 4.78 is 50.9. The lowest BCUT2D eigenvalue weighted by Gasteiger charge is -2.48. The standard InChI is InChI=1S/C29H30F3N3O3/c1-17-4-5-20(34-27(37)18-6-7-33-25(11-18)28(2,3)31)12-21(17)22-13-24-19(10-23(22)30)14-29(32,16-36)26-15-38-9-8-35(24)26/h4-7,10-13,26,36H,8-9,14-16H2,1-3H3,(H,34,37)/t26-,29+/m1/s1. The van der Waals surface area contributed by atoms with Crippen LogP contribution in [-0.4, -0.2) is 54.1 Å². The van der Waals surface area contributed by atoms with Crippen LogP contribution in [0.5, 0.6) is 0 Å². The highest BCUT2D eigenvalue weighted by Gasteiger charge is 2.48. The van der Waals surface area contributed by atoms with Gasteiger partial charge in [0.1, 0.15) is 11.5 Å². The average molecular weight is 526 g/mol. The van der Waals surface area contributed by atoms with Gasteiger partial charge in [0.15, 0.2) is 5.67 Å². The van der Waals surface area contributed by atoms with Crippen LogP contribution in [0.4, 0.5) is 24.5 Å². The Labute approximate surface area is 219 Å². The van der Waals surface area contributed by atoms with Crippen LogP contribution in [0.2, 0.25) is 0 Å². The minimum absolute atomic E-state index is 0.112. The minimum atomic E-state index is -1.92. The van der Waals surface area contributed by atoms with E-state index >= 15 is 8.78 Å². The summed E-state index contributed by atoms with van der Waals surface area (Å²) in [6, 6.07) is 10.5. The molecule has 6 nitrogen and oxygen atoms in total. The van der Waals surface area contributed by atoms with Crippen LogP contribution in [0, 0.1) is 12.7 Å². The number of carbonyl (C=O) groups is 1. The first-order valence-corrected chi connectivity index (χ1v) is 12.5. The zero-order valence-corrected chi connectivity index (χ0v) is 21.5. The van der Waals surface area contributed by atoms with Gasteiger partial charge in [-0.05, 0) is 73.9 Å². The number of anilines is 2. The molecule has 0 aliphatic carbocycles. The molecule has 0 bridgehead atoms. The number of ether oxygens (including phenoxy) is 1. The maximum Gasteiger partial charge on any atom is 0.255 e. The van der Waals surface area contributed by atoms with Gasteiger partial charge in [-0.3, -0.25) is 9.78 Å². The third-order valence-electron chi connectivity index (χ3n) is 7.37. The summed E-state index contributed by atoms with van der Waals surface area (Å²) >= 11 is 0. The molecule has 0 saturated carbocycles. The van der Waals surface area contributed by atoms with Gasteiger partial charge in [0, 0.05) is 41.7 Å². The lowest BCUT2D eigenvalue weighted by Crippen LogP contribution is -2.62. The SMILES string of the molecule is Cc1ccc(NC(=O)c2ccnc(C(C)(C)F)c2)cc1-c1cc2c(cc1F)C[C@](F)(CO)[C@H]1COCCN21. The highest BCUT2D eigenvalue weighted by atomic mass is 19.1. The molecule has 9 heteroatoms. The predicted octanol–water partition coefficient (Wildman–Crippen LogP) is 5.11. The van der Waals surface area contributed by atoms with Crippen molar-refractivity contribution < 1.29 is 27.8 Å².